The van der Waals surface area contributed by atoms with Gasteiger partial charge in [-0.15, -0.1) is 0 Å². The van der Waals surface area contributed by atoms with E-state index in [1.165, 1.54) is 28.6 Å². The maximum atomic E-state index is 13.0. The minimum absolute atomic E-state index is 0.0195. The van der Waals surface area contributed by atoms with Gasteiger partial charge in [0.1, 0.15) is 12.1 Å². The number of amides is 4. The number of nitrogens with one attached hydrogen (secondary N) is 2. The summed E-state index contributed by atoms with van der Waals surface area (Å²) in [7, 11) is -3.59. The second-order valence-electron chi connectivity index (χ2n) is 8.10. The van der Waals surface area contributed by atoms with Crippen LogP contribution in [-0.4, -0.2) is 60.6 Å². The molecule has 2 fully saturated rings. The van der Waals surface area contributed by atoms with Crippen LogP contribution in [0.5, 0.6) is 0 Å². The zero-order valence-electron chi connectivity index (χ0n) is 18.2. The lowest BCUT2D eigenvalue weighted by Gasteiger charge is -2.36. The molecule has 1 aliphatic heterocycles. The van der Waals surface area contributed by atoms with E-state index >= 15 is 0 Å². The van der Waals surface area contributed by atoms with E-state index in [0.717, 1.165) is 24.2 Å². The molecule has 10 heteroatoms. The molecule has 1 saturated heterocycles. The van der Waals surface area contributed by atoms with Gasteiger partial charge in [-0.3, -0.25) is 14.5 Å². The van der Waals surface area contributed by atoms with E-state index in [4.69, 9.17) is 0 Å². The normalized spacial score (nSPS) is 24.0. The predicted octanol–water partition coefficient (Wildman–Crippen LogP) is 2.16. The van der Waals surface area contributed by atoms with Gasteiger partial charge in [-0.25, -0.2) is 13.2 Å². The standard InChI is InChI=1S/C21H30N4O5S/c1-4-24(5-2)31(29,30)17-11-9-16(10-12-17)22-18(26)14-25-19(27)21(23-20(25)28)13-7-6-8-15(21)3/h9-12,15H,4-8,13-14H2,1-3H3,(H,22,26)(H,23,28)/t15-,21+/m1/s1. The Kier molecular flexibility index (Phi) is 6.70. The van der Waals surface area contributed by atoms with E-state index in [9.17, 15) is 22.8 Å². The summed E-state index contributed by atoms with van der Waals surface area (Å²) in [4.78, 5) is 39.0. The second-order valence-corrected chi connectivity index (χ2v) is 10.0. The SMILES string of the molecule is CCN(CC)S(=O)(=O)c1ccc(NC(=O)CN2C(=O)N[C@]3(CCCC[C@H]3C)C2=O)cc1. The van der Waals surface area contributed by atoms with Crippen molar-refractivity contribution in [2.45, 2.75) is 56.9 Å². The Morgan fingerprint density at radius 2 is 1.84 bits per heavy atom. The van der Waals surface area contributed by atoms with Gasteiger partial charge in [-0.1, -0.05) is 33.6 Å². The summed E-state index contributed by atoms with van der Waals surface area (Å²) in [5.41, 5.74) is -0.521. The Morgan fingerprint density at radius 1 is 1.19 bits per heavy atom. The molecular weight excluding hydrogens is 420 g/mol. The smallest absolute Gasteiger partial charge is 0.325 e. The first kappa shape index (κ1) is 23.2. The highest BCUT2D eigenvalue weighted by molar-refractivity contribution is 7.89. The van der Waals surface area contributed by atoms with Crippen molar-refractivity contribution >= 4 is 33.6 Å². The third-order valence-electron chi connectivity index (χ3n) is 6.28. The number of benzene rings is 1. The van der Waals surface area contributed by atoms with Crippen LogP contribution in [0.2, 0.25) is 0 Å². The first-order valence-corrected chi connectivity index (χ1v) is 12.1. The molecule has 3 rings (SSSR count). The molecule has 1 saturated carbocycles. The summed E-state index contributed by atoms with van der Waals surface area (Å²) in [6.45, 7) is 5.83. The molecule has 0 unspecified atom stereocenters. The van der Waals surface area contributed by atoms with Gasteiger partial charge in [0.25, 0.3) is 5.91 Å². The maximum absolute atomic E-state index is 13.0. The molecule has 4 amide bonds. The van der Waals surface area contributed by atoms with Gasteiger partial charge < -0.3 is 10.6 Å². The molecule has 31 heavy (non-hydrogen) atoms. The summed E-state index contributed by atoms with van der Waals surface area (Å²) in [5.74, 6) is -0.852. The molecule has 1 aromatic rings. The molecule has 0 radical (unpaired) electrons. The van der Waals surface area contributed by atoms with Gasteiger partial charge in [0.15, 0.2) is 0 Å². The van der Waals surface area contributed by atoms with Crippen LogP contribution in [0.15, 0.2) is 29.2 Å². The third kappa shape index (κ3) is 4.31. The number of rotatable bonds is 7. The summed E-state index contributed by atoms with van der Waals surface area (Å²) < 4.78 is 26.5. The van der Waals surface area contributed by atoms with Crippen molar-refractivity contribution in [2.24, 2.45) is 5.92 Å². The minimum atomic E-state index is -3.59. The number of anilines is 1. The molecule has 1 aliphatic carbocycles. The average Bonchev–Trinajstić information content (AvgIpc) is 2.96. The van der Waals surface area contributed by atoms with Crippen molar-refractivity contribution in [1.82, 2.24) is 14.5 Å². The van der Waals surface area contributed by atoms with E-state index in [2.05, 4.69) is 10.6 Å². The Bertz CT molecular complexity index is 958. The highest BCUT2D eigenvalue weighted by Gasteiger charge is 2.55. The van der Waals surface area contributed by atoms with Crippen LogP contribution in [-0.2, 0) is 19.6 Å². The number of hydrogen-bond donors (Lipinski definition) is 2. The molecule has 1 spiro atoms. The monoisotopic (exact) mass is 450 g/mol. The molecular formula is C21H30N4O5S. The zero-order valence-corrected chi connectivity index (χ0v) is 19.0. The topological polar surface area (TPSA) is 116 Å². The first-order chi connectivity index (χ1) is 14.7. The Balaban J connectivity index is 1.66. The molecule has 170 valence electrons. The Labute approximate surface area is 183 Å². The molecule has 0 bridgehead atoms. The van der Waals surface area contributed by atoms with Crippen LogP contribution in [0.1, 0.15) is 46.5 Å². The lowest BCUT2D eigenvalue weighted by Crippen LogP contribution is -2.54. The number of sulfonamides is 1. The van der Waals surface area contributed by atoms with Crippen molar-refractivity contribution in [1.29, 1.82) is 0 Å². The van der Waals surface area contributed by atoms with Gasteiger partial charge in [0.2, 0.25) is 15.9 Å². The van der Waals surface area contributed by atoms with E-state index in [1.54, 1.807) is 13.8 Å². The number of imide groups is 1. The van der Waals surface area contributed by atoms with Crippen LogP contribution in [0.4, 0.5) is 10.5 Å². The van der Waals surface area contributed by atoms with Crippen molar-refractivity contribution in [3.8, 4) is 0 Å². The lowest BCUT2D eigenvalue weighted by molar-refractivity contribution is -0.136. The summed E-state index contributed by atoms with van der Waals surface area (Å²) in [6.07, 6.45) is 3.32. The number of hydrogen-bond acceptors (Lipinski definition) is 5. The molecule has 2 N–H and O–H groups in total. The summed E-state index contributed by atoms with van der Waals surface area (Å²) in [6, 6.07) is 5.29. The summed E-state index contributed by atoms with van der Waals surface area (Å²) >= 11 is 0. The third-order valence-corrected chi connectivity index (χ3v) is 8.35. The van der Waals surface area contributed by atoms with Gasteiger partial charge in [0.05, 0.1) is 4.90 Å². The molecule has 1 heterocycles. The molecule has 1 aromatic carbocycles. The quantitative estimate of drug-likeness (QED) is 0.618. The van der Waals surface area contributed by atoms with Crippen LogP contribution < -0.4 is 10.6 Å². The van der Waals surface area contributed by atoms with Crippen molar-refractivity contribution in [3.63, 3.8) is 0 Å². The Morgan fingerprint density at radius 3 is 2.42 bits per heavy atom. The minimum Gasteiger partial charge on any atom is -0.325 e. The predicted molar refractivity (Wildman–Crippen MR) is 116 cm³/mol. The highest BCUT2D eigenvalue weighted by Crippen LogP contribution is 2.38. The average molecular weight is 451 g/mol. The van der Waals surface area contributed by atoms with Crippen molar-refractivity contribution < 1.29 is 22.8 Å². The number of urea groups is 1. The largest absolute Gasteiger partial charge is 0.325 e. The van der Waals surface area contributed by atoms with Crippen LogP contribution >= 0.6 is 0 Å². The van der Waals surface area contributed by atoms with Gasteiger partial charge in [-0.05, 0) is 43.0 Å². The number of nitrogens with zero attached hydrogens (tertiary/aromatic N) is 2. The number of carbonyl (C=O) groups excluding carboxylic acids is 3. The first-order valence-electron chi connectivity index (χ1n) is 10.7. The molecule has 9 nitrogen and oxygen atoms in total. The summed E-state index contributed by atoms with van der Waals surface area (Å²) in [5, 5.41) is 5.45. The zero-order chi connectivity index (χ0) is 22.8. The van der Waals surface area contributed by atoms with E-state index < -0.39 is 34.0 Å². The fourth-order valence-electron chi connectivity index (χ4n) is 4.41. The Hall–Kier alpha value is -2.46. The van der Waals surface area contributed by atoms with Gasteiger partial charge in [0, 0.05) is 18.8 Å². The molecule has 2 aliphatic rings. The maximum Gasteiger partial charge on any atom is 0.325 e. The fourth-order valence-corrected chi connectivity index (χ4v) is 5.86. The second kappa shape index (κ2) is 8.96. The van der Waals surface area contributed by atoms with Crippen LogP contribution in [0, 0.1) is 5.92 Å². The van der Waals surface area contributed by atoms with Gasteiger partial charge in [-0.2, -0.15) is 4.31 Å². The van der Waals surface area contributed by atoms with E-state index in [0.29, 0.717) is 25.2 Å². The molecule has 2 atom stereocenters. The van der Waals surface area contributed by atoms with Crippen LogP contribution in [0.25, 0.3) is 0 Å². The van der Waals surface area contributed by atoms with Crippen molar-refractivity contribution in [3.05, 3.63) is 24.3 Å². The van der Waals surface area contributed by atoms with Crippen LogP contribution in [0.3, 0.4) is 0 Å². The highest BCUT2D eigenvalue weighted by atomic mass is 32.2. The fraction of sp³-hybridized carbons (Fsp3) is 0.571. The van der Waals surface area contributed by atoms with Gasteiger partial charge >= 0.3 is 6.03 Å². The van der Waals surface area contributed by atoms with Crippen molar-refractivity contribution in [2.75, 3.05) is 25.0 Å². The van der Waals surface area contributed by atoms with E-state index in [1.807, 2.05) is 6.92 Å². The number of carbonyl (C=O) groups is 3. The van der Waals surface area contributed by atoms with E-state index in [-0.39, 0.29) is 16.7 Å². The molecule has 0 aromatic heterocycles. The lowest BCUT2D eigenvalue weighted by atomic mass is 9.73.